The third-order valence-corrected chi connectivity index (χ3v) is 6.87. The van der Waals surface area contributed by atoms with Gasteiger partial charge in [0.15, 0.2) is 5.13 Å². The number of aromatic nitrogens is 1. The van der Waals surface area contributed by atoms with E-state index in [1.165, 1.54) is 11.3 Å². The summed E-state index contributed by atoms with van der Waals surface area (Å²) in [4.78, 5) is 46.2. The molecule has 2 saturated heterocycles. The number of aryl methyl sites for hydroxylation is 2. The number of piperidine rings is 2. The van der Waals surface area contributed by atoms with E-state index in [2.05, 4.69) is 15.6 Å². The Morgan fingerprint density at radius 2 is 1.90 bits per heavy atom. The topological polar surface area (TPSA) is 104 Å². The van der Waals surface area contributed by atoms with Crippen LogP contribution < -0.4 is 10.6 Å². The lowest BCUT2D eigenvalue weighted by Gasteiger charge is -2.34. The summed E-state index contributed by atoms with van der Waals surface area (Å²) in [6.07, 6.45) is 2.90. The molecule has 3 rings (SSSR count). The Bertz CT molecular complexity index is 771. The van der Waals surface area contributed by atoms with Crippen molar-refractivity contribution in [1.29, 1.82) is 0 Å². The van der Waals surface area contributed by atoms with Gasteiger partial charge in [-0.2, -0.15) is 0 Å². The fourth-order valence-electron chi connectivity index (χ4n) is 4.04. The minimum atomic E-state index is -0.281. The van der Waals surface area contributed by atoms with Gasteiger partial charge >= 0.3 is 6.09 Å². The standard InChI is InChI=1S/C21H33N5O4S/c1-4-30-21(29)26-10-7-17(8-11-26)23-19(28)16-6-5-9-25(12-16)13-18(27)24-20-22-14(2)15(3)31-20/h16-17H,4-13H2,1-3H3,(H,23,28)(H,22,24,27). The van der Waals surface area contributed by atoms with E-state index in [1.54, 1.807) is 11.8 Å². The molecule has 172 valence electrons. The highest BCUT2D eigenvalue weighted by Gasteiger charge is 2.30. The molecule has 31 heavy (non-hydrogen) atoms. The molecule has 0 spiro atoms. The summed E-state index contributed by atoms with van der Waals surface area (Å²) in [5, 5.41) is 6.64. The van der Waals surface area contributed by atoms with Gasteiger partial charge in [0.2, 0.25) is 11.8 Å². The molecule has 10 heteroatoms. The molecule has 9 nitrogen and oxygen atoms in total. The van der Waals surface area contributed by atoms with Gasteiger partial charge in [0.25, 0.3) is 0 Å². The highest BCUT2D eigenvalue weighted by Crippen LogP contribution is 2.22. The van der Waals surface area contributed by atoms with Gasteiger partial charge in [0, 0.05) is 30.6 Å². The summed E-state index contributed by atoms with van der Waals surface area (Å²) in [7, 11) is 0. The van der Waals surface area contributed by atoms with E-state index < -0.39 is 0 Å². The van der Waals surface area contributed by atoms with Crippen LogP contribution in [0.3, 0.4) is 0 Å². The Kier molecular flexibility index (Phi) is 8.25. The zero-order valence-electron chi connectivity index (χ0n) is 18.6. The maximum Gasteiger partial charge on any atom is 0.409 e. The van der Waals surface area contributed by atoms with Gasteiger partial charge in [0.1, 0.15) is 0 Å². The van der Waals surface area contributed by atoms with E-state index in [-0.39, 0.29) is 36.4 Å². The molecule has 2 N–H and O–H groups in total. The molecule has 1 atom stereocenters. The van der Waals surface area contributed by atoms with Crippen molar-refractivity contribution >= 4 is 34.4 Å². The molecule has 0 radical (unpaired) electrons. The fraction of sp³-hybridized carbons (Fsp3) is 0.714. The van der Waals surface area contributed by atoms with Gasteiger partial charge < -0.3 is 20.3 Å². The first-order valence-corrected chi connectivity index (χ1v) is 11.9. The Morgan fingerprint density at radius 3 is 2.55 bits per heavy atom. The van der Waals surface area contributed by atoms with E-state index >= 15 is 0 Å². The lowest BCUT2D eigenvalue weighted by molar-refractivity contribution is -0.128. The molecule has 1 aromatic rings. The predicted molar refractivity (Wildman–Crippen MR) is 119 cm³/mol. The number of anilines is 1. The van der Waals surface area contributed by atoms with Gasteiger partial charge in [-0.3, -0.25) is 14.5 Å². The minimum Gasteiger partial charge on any atom is -0.450 e. The van der Waals surface area contributed by atoms with Crippen molar-refractivity contribution < 1.29 is 19.1 Å². The van der Waals surface area contributed by atoms with Crippen molar-refractivity contribution in [2.45, 2.75) is 52.5 Å². The number of amides is 3. The lowest BCUT2D eigenvalue weighted by atomic mass is 9.95. The lowest BCUT2D eigenvalue weighted by Crippen LogP contribution is -2.50. The largest absolute Gasteiger partial charge is 0.450 e. The van der Waals surface area contributed by atoms with Crippen molar-refractivity contribution in [3.8, 4) is 0 Å². The number of carbonyl (C=O) groups excluding carboxylic acids is 3. The quantitative estimate of drug-likeness (QED) is 0.687. The summed E-state index contributed by atoms with van der Waals surface area (Å²) in [6, 6.07) is 0.0771. The van der Waals surface area contributed by atoms with Crippen LogP contribution in [0.2, 0.25) is 0 Å². The third-order valence-electron chi connectivity index (χ3n) is 5.89. The van der Waals surface area contributed by atoms with Crippen LogP contribution in [-0.2, 0) is 14.3 Å². The van der Waals surface area contributed by atoms with Crippen LogP contribution >= 0.6 is 11.3 Å². The SMILES string of the molecule is CCOC(=O)N1CCC(NC(=O)C2CCCN(CC(=O)Nc3nc(C)c(C)s3)C2)CC1. The fourth-order valence-corrected chi connectivity index (χ4v) is 4.87. The average Bonchev–Trinajstić information content (AvgIpc) is 3.05. The van der Waals surface area contributed by atoms with Crippen molar-refractivity contribution in [2.75, 3.05) is 44.6 Å². The summed E-state index contributed by atoms with van der Waals surface area (Å²) in [5.41, 5.74) is 0.933. The maximum atomic E-state index is 12.8. The van der Waals surface area contributed by atoms with Crippen molar-refractivity contribution in [3.05, 3.63) is 10.6 Å². The number of hydrogen-bond donors (Lipinski definition) is 2. The molecular weight excluding hydrogens is 418 g/mol. The van der Waals surface area contributed by atoms with Crippen molar-refractivity contribution in [3.63, 3.8) is 0 Å². The van der Waals surface area contributed by atoms with Crippen molar-refractivity contribution in [2.24, 2.45) is 5.92 Å². The Hall–Kier alpha value is -2.20. The van der Waals surface area contributed by atoms with Gasteiger partial charge in [-0.1, -0.05) is 0 Å². The van der Waals surface area contributed by atoms with E-state index in [9.17, 15) is 14.4 Å². The number of carbonyl (C=O) groups is 3. The van der Waals surface area contributed by atoms with Gasteiger partial charge in [-0.05, 0) is 53.0 Å². The Labute approximate surface area is 187 Å². The number of ether oxygens (including phenoxy) is 1. The Morgan fingerprint density at radius 1 is 1.16 bits per heavy atom. The van der Waals surface area contributed by atoms with Crippen LogP contribution in [0.1, 0.15) is 43.2 Å². The van der Waals surface area contributed by atoms with E-state index in [0.29, 0.717) is 31.4 Å². The number of hydrogen-bond acceptors (Lipinski definition) is 7. The third kappa shape index (κ3) is 6.64. The first kappa shape index (κ1) is 23.5. The van der Waals surface area contributed by atoms with Gasteiger partial charge in [0.05, 0.1) is 24.8 Å². The second kappa shape index (κ2) is 10.9. The molecule has 0 bridgehead atoms. The van der Waals surface area contributed by atoms with E-state index in [1.807, 2.05) is 18.7 Å². The smallest absolute Gasteiger partial charge is 0.409 e. The maximum absolute atomic E-state index is 12.8. The minimum absolute atomic E-state index is 0.0471. The normalized spacial score (nSPS) is 20.4. The molecular formula is C21H33N5O4S. The van der Waals surface area contributed by atoms with Crippen LogP contribution in [-0.4, -0.2) is 78.1 Å². The van der Waals surface area contributed by atoms with Crippen LogP contribution in [0.15, 0.2) is 0 Å². The molecule has 0 aliphatic carbocycles. The number of nitrogens with zero attached hydrogens (tertiary/aromatic N) is 3. The molecule has 2 fully saturated rings. The second-order valence-electron chi connectivity index (χ2n) is 8.25. The molecule has 3 heterocycles. The summed E-state index contributed by atoms with van der Waals surface area (Å²) < 4.78 is 5.04. The zero-order chi connectivity index (χ0) is 22.4. The van der Waals surface area contributed by atoms with Gasteiger partial charge in [-0.25, -0.2) is 9.78 Å². The monoisotopic (exact) mass is 451 g/mol. The molecule has 3 amide bonds. The number of rotatable bonds is 6. The highest BCUT2D eigenvalue weighted by atomic mass is 32.1. The molecule has 1 unspecified atom stereocenters. The Balaban J connectivity index is 1.42. The second-order valence-corrected chi connectivity index (χ2v) is 9.46. The number of likely N-dealkylation sites (tertiary alicyclic amines) is 2. The summed E-state index contributed by atoms with van der Waals surface area (Å²) >= 11 is 1.48. The highest BCUT2D eigenvalue weighted by molar-refractivity contribution is 7.15. The first-order chi connectivity index (χ1) is 14.9. The molecule has 2 aliphatic heterocycles. The van der Waals surface area contributed by atoms with Crippen molar-refractivity contribution in [1.82, 2.24) is 20.1 Å². The zero-order valence-corrected chi connectivity index (χ0v) is 19.4. The first-order valence-electron chi connectivity index (χ1n) is 11.0. The van der Waals surface area contributed by atoms with Crippen LogP contribution in [0.25, 0.3) is 0 Å². The number of thiazole rings is 1. The molecule has 2 aliphatic rings. The van der Waals surface area contributed by atoms with E-state index in [0.717, 1.165) is 42.8 Å². The average molecular weight is 452 g/mol. The summed E-state index contributed by atoms with van der Waals surface area (Å²) in [6.45, 7) is 8.92. The van der Waals surface area contributed by atoms with Crippen LogP contribution in [0, 0.1) is 19.8 Å². The predicted octanol–water partition coefficient (Wildman–Crippen LogP) is 2.15. The van der Waals surface area contributed by atoms with Gasteiger partial charge in [-0.15, -0.1) is 11.3 Å². The van der Waals surface area contributed by atoms with E-state index in [4.69, 9.17) is 4.74 Å². The summed E-state index contributed by atoms with van der Waals surface area (Å²) in [5.74, 6) is -0.166. The molecule has 0 saturated carbocycles. The van der Waals surface area contributed by atoms with Crippen LogP contribution in [0.5, 0.6) is 0 Å². The number of nitrogens with one attached hydrogen (secondary N) is 2. The molecule has 0 aromatic carbocycles. The van der Waals surface area contributed by atoms with Crippen LogP contribution in [0.4, 0.5) is 9.93 Å². The molecule has 1 aromatic heterocycles.